The lowest BCUT2D eigenvalue weighted by molar-refractivity contribution is -0.142. The second-order valence-corrected chi connectivity index (χ2v) is 8.49. The van der Waals surface area contributed by atoms with E-state index in [9.17, 15) is 22.4 Å². The first-order valence-electron chi connectivity index (χ1n) is 11.2. The number of piperazine rings is 1. The zero-order valence-corrected chi connectivity index (χ0v) is 19.2. The van der Waals surface area contributed by atoms with Gasteiger partial charge >= 0.3 is 6.18 Å². The Morgan fingerprint density at radius 3 is 2.17 bits per heavy atom. The van der Waals surface area contributed by atoms with Crippen molar-refractivity contribution in [2.75, 3.05) is 33.2 Å². The van der Waals surface area contributed by atoms with E-state index in [1.807, 2.05) is 7.05 Å². The minimum Gasteiger partial charge on any atom is -0.457 e. The average Bonchev–Trinajstić information content (AvgIpc) is 3.29. The standard InChI is InChI=1S/C25H21F4N5O2/c1-32-10-12-33(13-11-32)24(35)20-15-30-34-22(25(27,28)29)14-21(31-23(20)34)16-2-6-18(7-3-16)36-19-8-4-17(26)5-9-19/h2-9,14-15H,10-13H2,1H3. The number of carbonyl (C=O) groups excluding carboxylic acids is 1. The van der Waals surface area contributed by atoms with Gasteiger partial charge in [0.05, 0.1) is 11.9 Å². The van der Waals surface area contributed by atoms with Crippen LogP contribution in [0.1, 0.15) is 16.1 Å². The van der Waals surface area contributed by atoms with Crippen LogP contribution >= 0.6 is 0 Å². The van der Waals surface area contributed by atoms with E-state index in [0.29, 0.717) is 47.8 Å². The van der Waals surface area contributed by atoms with Crippen molar-refractivity contribution in [2.45, 2.75) is 6.18 Å². The highest BCUT2D eigenvalue weighted by Crippen LogP contribution is 2.33. The molecular weight excluding hydrogens is 478 g/mol. The maximum Gasteiger partial charge on any atom is 0.433 e. The molecule has 5 rings (SSSR count). The van der Waals surface area contributed by atoms with Gasteiger partial charge in [-0.3, -0.25) is 4.79 Å². The van der Waals surface area contributed by atoms with Crippen LogP contribution in [0.4, 0.5) is 17.6 Å². The van der Waals surface area contributed by atoms with Crippen LogP contribution in [0.15, 0.2) is 60.8 Å². The largest absolute Gasteiger partial charge is 0.457 e. The number of aromatic nitrogens is 3. The summed E-state index contributed by atoms with van der Waals surface area (Å²) >= 11 is 0. The summed E-state index contributed by atoms with van der Waals surface area (Å²) < 4.78 is 61.2. The molecule has 1 aliphatic rings. The number of hydrogen-bond donors (Lipinski definition) is 0. The summed E-state index contributed by atoms with van der Waals surface area (Å²) in [6.45, 7) is 2.27. The number of likely N-dealkylation sites (N-methyl/N-ethyl adjacent to an activating group) is 1. The summed E-state index contributed by atoms with van der Waals surface area (Å²) in [5.74, 6) is 0.0241. The smallest absolute Gasteiger partial charge is 0.433 e. The molecule has 36 heavy (non-hydrogen) atoms. The zero-order chi connectivity index (χ0) is 25.4. The molecular formula is C25H21F4N5O2. The van der Waals surface area contributed by atoms with Gasteiger partial charge in [0.15, 0.2) is 11.3 Å². The molecule has 2 aromatic heterocycles. The van der Waals surface area contributed by atoms with Gasteiger partial charge in [-0.05, 0) is 61.6 Å². The van der Waals surface area contributed by atoms with Gasteiger partial charge in [-0.1, -0.05) is 0 Å². The van der Waals surface area contributed by atoms with Gasteiger partial charge in [0.2, 0.25) is 0 Å². The lowest BCUT2D eigenvalue weighted by Gasteiger charge is -2.32. The SMILES string of the molecule is CN1CCN(C(=O)c2cnn3c(C(F)(F)F)cc(-c4ccc(Oc5ccc(F)cc5)cc4)nc23)CC1. The van der Waals surface area contributed by atoms with Crippen molar-refractivity contribution in [3.63, 3.8) is 0 Å². The van der Waals surface area contributed by atoms with Crippen molar-refractivity contribution in [3.05, 3.63) is 77.9 Å². The summed E-state index contributed by atoms with van der Waals surface area (Å²) in [4.78, 5) is 21.2. The normalized spacial score (nSPS) is 14.9. The van der Waals surface area contributed by atoms with Gasteiger partial charge in [0.25, 0.3) is 5.91 Å². The Bertz CT molecular complexity index is 1390. The number of amides is 1. The quantitative estimate of drug-likeness (QED) is 0.380. The second-order valence-electron chi connectivity index (χ2n) is 8.49. The molecule has 1 saturated heterocycles. The molecule has 3 heterocycles. The molecule has 1 fully saturated rings. The third-order valence-corrected chi connectivity index (χ3v) is 5.98. The van der Waals surface area contributed by atoms with Gasteiger partial charge in [-0.15, -0.1) is 0 Å². The van der Waals surface area contributed by atoms with E-state index < -0.39 is 23.6 Å². The maximum absolute atomic E-state index is 13.9. The number of rotatable bonds is 4. The minimum absolute atomic E-state index is 0.0168. The second kappa shape index (κ2) is 9.23. The van der Waals surface area contributed by atoms with Crippen LogP contribution in [-0.4, -0.2) is 63.5 Å². The van der Waals surface area contributed by atoms with Gasteiger partial charge in [0.1, 0.15) is 22.9 Å². The molecule has 0 radical (unpaired) electrons. The maximum atomic E-state index is 13.9. The van der Waals surface area contributed by atoms with Crippen LogP contribution < -0.4 is 4.74 Å². The van der Waals surface area contributed by atoms with E-state index in [1.54, 1.807) is 29.2 Å². The van der Waals surface area contributed by atoms with E-state index in [0.717, 1.165) is 12.3 Å². The number of fused-ring (bicyclic) bond motifs is 1. The molecule has 0 bridgehead atoms. The number of alkyl halides is 3. The molecule has 0 aliphatic carbocycles. The Morgan fingerprint density at radius 1 is 0.944 bits per heavy atom. The molecule has 11 heteroatoms. The summed E-state index contributed by atoms with van der Waals surface area (Å²) in [5.41, 5.74) is -0.741. The van der Waals surface area contributed by atoms with E-state index in [4.69, 9.17) is 4.74 Å². The molecule has 1 aliphatic heterocycles. The van der Waals surface area contributed by atoms with Gasteiger partial charge in [-0.2, -0.15) is 18.3 Å². The van der Waals surface area contributed by atoms with Crippen LogP contribution in [0, 0.1) is 5.82 Å². The summed E-state index contributed by atoms with van der Waals surface area (Å²) in [7, 11) is 1.94. The summed E-state index contributed by atoms with van der Waals surface area (Å²) in [6.07, 6.45) is -3.58. The molecule has 0 unspecified atom stereocenters. The van der Waals surface area contributed by atoms with Gasteiger partial charge in [-0.25, -0.2) is 13.9 Å². The third kappa shape index (κ3) is 4.74. The van der Waals surface area contributed by atoms with Crippen LogP contribution in [0.5, 0.6) is 11.5 Å². The number of hydrogen-bond acceptors (Lipinski definition) is 5. The lowest BCUT2D eigenvalue weighted by Crippen LogP contribution is -2.47. The molecule has 0 saturated carbocycles. The Labute approximate surface area is 203 Å². The molecule has 0 N–H and O–H groups in total. The molecule has 186 valence electrons. The van der Waals surface area contributed by atoms with Crippen LogP contribution in [-0.2, 0) is 6.18 Å². The number of benzene rings is 2. The van der Waals surface area contributed by atoms with Crippen molar-refractivity contribution in [1.82, 2.24) is 24.4 Å². The first-order chi connectivity index (χ1) is 17.2. The molecule has 7 nitrogen and oxygen atoms in total. The molecule has 2 aromatic carbocycles. The third-order valence-electron chi connectivity index (χ3n) is 5.98. The zero-order valence-electron chi connectivity index (χ0n) is 19.2. The highest BCUT2D eigenvalue weighted by Gasteiger charge is 2.36. The van der Waals surface area contributed by atoms with Crippen LogP contribution in [0.3, 0.4) is 0 Å². The minimum atomic E-state index is -4.72. The average molecular weight is 499 g/mol. The Morgan fingerprint density at radius 2 is 1.56 bits per heavy atom. The highest BCUT2D eigenvalue weighted by atomic mass is 19.4. The predicted molar refractivity (Wildman–Crippen MR) is 123 cm³/mol. The van der Waals surface area contributed by atoms with Crippen LogP contribution in [0.25, 0.3) is 16.9 Å². The fourth-order valence-electron chi connectivity index (χ4n) is 3.98. The molecule has 0 spiro atoms. The van der Waals surface area contributed by atoms with Crippen LogP contribution in [0.2, 0.25) is 0 Å². The van der Waals surface area contributed by atoms with Crippen molar-refractivity contribution < 1.29 is 27.1 Å². The van der Waals surface area contributed by atoms with E-state index >= 15 is 0 Å². The first kappa shape index (κ1) is 23.7. The first-order valence-corrected chi connectivity index (χ1v) is 11.2. The fourth-order valence-corrected chi connectivity index (χ4v) is 3.98. The molecule has 4 aromatic rings. The number of nitrogens with zero attached hydrogens (tertiary/aromatic N) is 5. The topological polar surface area (TPSA) is 63.0 Å². The number of halogens is 4. The highest BCUT2D eigenvalue weighted by molar-refractivity contribution is 6.00. The van der Waals surface area contributed by atoms with Crippen molar-refractivity contribution in [1.29, 1.82) is 0 Å². The van der Waals surface area contributed by atoms with E-state index in [2.05, 4.69) is 15.0 Å². The lowest BCUT2D eigenvalue weighted by atomic mass is 10.1. The molecule has 0 atom stereocenters. The Kier molecular flexibility index (Phi) is 6.09. The van der Waals surface area contributed by atoms with Crippen molar-refractivity contribution in [2.24, 2.45) is 0 Å². The van der Waals surface area contributed by atoms with Gasteiger partial charge in [0, 0.05) is 31.7 Å². The Hall–Kier alpha value is -3.99. The number of carbonyl (C=O) groups is 1. The van der Waals surface area contributed by atoms with Crippen molar-refractivity contribution in [3.8, 4) is 22.8 Å². The molecule has 1 amide bonds. The van der Waals surface area contributed by atoms with Crippen molar-refractivity contribution >= 4 is 11.6 Å². The summed E-state index contributed by atoms with van der Waals surface area (Å²) in [5, 5.41) is 3.85. The fraction of sp³-hybridized carbons (Fsp3) is 0.240. The van der Waals surface area contributed by atoms with Gasteiger partial charge < -0.3 is 14.5 Å². The van der Waals surface area contributed by atoms with E-state index in [-0.39, 0.29) is 16.9 Å². The monoisotopic (exact) mass is 499 g/mol. The number of ether oxygens (including phenoxy) is 1. The summed E-state index contributed by atoms with van der Waals surface area (Å²) in [6, 6.07) is 12.6. The van der Waals surface area contributed by atoms with E-state index in [1.165, 1.54) is 24.3 Å². The Balaban J connectivity index is 1.50. The predicted octanol–water partition coefficient (Wildman–Crippen LogP) is 4.73.